The number of hydrogen-bond acceptors (Lipinski definition) is 5. The monoisotopic (exact) mass is 218 g/mol. The summed E-state index contributed by atoms with van der Waals surface area (Å²) in [5.74, 6) is 0. The van der Waals surface area contributed by atoms with Gasteiger partial charge in [0.15, 0.2) is 6.29 Å². The van der Waals surface area contributed by atoms with Crippen molar-refractivity contribution in [3.8, 4) is 0 Å². The molecule has 0 aromatic carbocycles. The van der Waals surface area contributed by atoms with Crippen molar-refractivity contribution in [3.63, 3.8) is 0 Å². The Morgan fingerprint density at radius 2 is 1.93 bits per heavy atom. The zero-order valence-electron chi connectivity index (χ0n) is 9.30. The minimum atomic E-state index is -0.553. The maximum absolute atomic E-state index is 9.11. The largest absolute Gasteiger partial charge is 0.393 e. The Kier molecular flexibility index (Phi) is 4.69. The fraction of sp³-hybridized carbons (Fsp3) is 0.800. The lowest BCUT2D eigenvalue weighted by Crippen LogP contribution is -2.53. The molecule has 1 N–H and O–H groups in total. The molecule has 15 heavy (non-hydrogen) atoms. The standard InChI is InChI=1S/C10H18O5/c1-6-7(5-11)15-10(14-4)9(13-3)8(6)12-2/h7-11H,1,5H2,2-4H3/t7?,8-,9?,10+/m0/s1. The molecular weight excluding hydrogens is 200 g/mol. The molecule has 5 nitrogen and oxygen atoms in total. The van der Waals surface area contributed by atoms with Crippen molar-refractivity contribution in [3.05, 3.63) is 12.2 Å². The van der Waals surface area contributed by atoms with Crippen molar-refractivity contribution >= 4 is 0 Å². The van der Waals surface area contributed by atoms with Crippen molar-refractivity contribution in [1.82, 2.24) is 0 Å². The molecule has 2 unspecified atom stereocenters. The third kappa shape index (κ3) is 2.38. The maximum atomic E-state index is 9.11. The number of aliphatic hydroxyl groups excluding tert-OH is 1. The molecule has 0 bridgehead atoms. The molecule has 1 aliphatic heterocycles. The van der Waals surface area contributed by atoms with Crippen molar-refractivity contribution in [1.29, 1.82) is 0 Å². The summed E-state index contributed by atoms with van der Waals surface area (Å²) in [7, 11) is 4.64. The van der Waals surface area contributed by atoms with Gasteiger partial charge < -0.3 is 24.1 Å². The first-order chi connectivity index (χ1) is 7.19. The summed E-state index contributed by atoms with van der Waals surface area (Å²) in [5.41, 5.74) is 0.667. The molecule has 0 spiro atoms. The van der Waals surface area contributed by atoms with Crippen LogP contribution in [0.15, 0.2) is 12.2 Å². The fourth-order valence-corrected chi connectivity index (χ4v) is 1.73. The second kappa shape index (κ2) is 5.58. The van der Waals surface area contributed by atoms with E-state index in [1.54, 1.807) is 14.2 Å². The molecular formula is C10H18O5. The van der Waals surface area contributed by atoms with E-state index in [1.165, 1.54) is 7.11 Å². The number of hydrogen-bond donors (Lipinski definition) is 1. The first-order valence-electron chi connectivity index (χ1n) is 4.73. The van der Waals surface area contributed by atoms with Crippen LogP contribution in [0, 0.1) is 0 Å². The van der Waals surface area contributed by atoms with E-state index >= 15 is 0 Å². The van der Waals surface area contributed by atoms with E-state index in [2.05, 4.69) is 6.58 Å². The molecule has 0 saturated carbocycles. The van der Waals surface area contributed by atoms with Gasteiger partial charge in [-0.3, -0.25) is 0 Å². The van der Waals surface area contributed by atoms with E-state index in [0.29, 0.717) is 5.57 Å². The first kappa shape index (κ1) is 12.6. The van der Waals surface area contributed by atoms with Gasteiger partial charge in [-0.25, -0.2) is 0 Å². The normalized spacial score (nSPS) is 36.9. The SMILES string of the molecule is C=C1C(CO)O[C@@H](OC)C(OC)[C@H]1OC. The lowest BCUT2D eigenvalue weighted by molar-refractivity contribution is -0.251. The molecule has 88 valence electrons. The Labute approximate surface area is 89.6 Å². The summed E-state index contributed by atoms with van der Waals surface area (Å²) in [6, 6.07) is 0. The van der Waals surface area contributed by atoms with Gasteiger partial charge in [-0.2, -0.15) is 0 Å². The average Bonchev–Trinajstić information content (AvgIpc) is 2.28. The van der Waals surface area contributed by atoms with E-state index in [9.17, 15) is 0 Å². The van der Waals surface area contributed by atoms with Crippen LogP contribution in [-0.4, -0.2) is 57.6 Å². The summed E-state index contributed by atoms with van der Waals surface area (Å²) >= 11 is 0. The number of rotatable bonds is 4. The number of aliphatic hydroxyl groups is 1. The van der Waals surface area contributed by atoms with Crippen LogP contribution in [0.25, 0.3) is 0 Å². The van der Waals surface area contributed by atoms with Crippen LogP contribution in [-0.2, 0) is 18.9 Å². The minimum absolute atomic E-state index is 0.144. The van der Waals surface area contributed by atoms with E-state index in [1.807, 2.05) is 0 Å². The van der Waals surface area contributed by atoms with Gasteiger partial charge in [0.2, 0.25) is 0 Å². The van der Waals surface area contributed by atoms with E-state index in [-0.39, 0.29) is 18.8 Å². The predicted octanol–water partition coefficient (Wildman–Crippen LogP) is -0.0638. The van der Waals surface area contributed by atoms with Gasteiger partial charge in [0.1, 0.15) is 18.3 Å². The number of ether oxygens (including phenoxy) is 4. The Morgan fingerprint density at radius 1 is 1.27 bits per heavy atom. The highest BCUT2D eigenvalue weighted by molar-refractivity contribution is 5.15. The molecule has 0 aromatic heterocycles. The Hall–Kier alpha value is -0.460. The maximum Gasteiger partial charge on any atom is 0.187 e. The highest BCUT2D eigenvalue weighted by Gasteiger charge is 2.41. The second-order valence-electron chi connectivity index (χ2n) is 3.34. The highest BCUT2D eigenvalue weighted by Crippen LogP contribution is 2.28. The topological polar surface area (TPSA) is 57.2 Å². The number of methoxy groups -OCH3 is 3. The van der Waals surface area contributed by atoms with Gasteiger partial charge in [0.25, 0.3) is 0 Å². The van der Waals surface area contributed by atoms with Crippen molar-refractivity contribution in [2.24, 2.45) is 0 Å². The highest BCUT2D eigenvalue weighted by atomic mass is 16.7. The molecule has 4 atom stereocenters. The summed E-state index contributed by atoms with van der Waals surface area (Å²) in [5, 5.41) is 9.11. The molecule has 0 amide bonds. The van der Waals surface area contributed by atoms with Crippen LogP contribution in [0.2, 0.25) is 0 Å². The molecule has 0 aliphatic carbocycles. The summed E-state index contributed by atoms with van der Waals surface area (Å²) in [6.07, 6.45) is -1.71. The molecule has 1 heterocycles. The van der Waals surface area contributed by atoms with Gasteiger partial charge in [-0.05, 0) is 5.57 Å². The van der Waals surface area contributed by atoms with Crippen LogP contribution < -0.4 is 0 Å². The van der Waals surface area contributed by atoms with Crippen LogP contribution in [0.1, 0.15) is 0 Å². The van der Waals surface area contributed by atoms with Gasteiger partial charge in [0, 0.05) is 21.3 Å². The third-order valence-corrected chi connectivity index (χ3v) is 2.57. The van der Waals surface area contributed by atoms with Crippen LogP contribution in [0.3, 0.4) is 0 Å². The molecule has 1 fully saturated rings. The van der Waals surface area contributed by atoms with Crippen LogP contribution >= 0.6 is 0 Å². The Morgan fingerprint density at radius 3 is 2.33 bits per heavy atom. The fourth-order valence-electron chi connectivity index (χ4n) is 1.73. The second-order valence-corrected chi connectivity index (χ2v) is 3.34. The predicted molar refractivity (Wildman–Crippen MR) is 53.5 cm³/mol. The molecule has 1 saturated heterocycles. The van der Waals surface area contributed by atoms with Gasteiger partial charge in [-0.15, -0.1) is 0 Å². The summed E-state index contributed by atoms with van der Waals surface area (Å²) in [4.78, 5) is 0. The van der Waals surface area contributed by atoms with Crippen molar-refractivity contribution < 1.29 is 24.1 Å². The van der Waals surface area contributed by atoms with Crippen molar-refractivity contribution in [2.45, 2.75) is 24.6 Å². The average molecular weight is 218 g/mol. The summed E-state index contributed by atoms with van der Waals surface area (Å²) < 4.78 is 21.1. The summed E-state index contributed by atoms with van der Waals surface area (Å²) in [6.45, 7) is 3.70. The quantitative estimate of drug-likeness (QED) is 0.670. The third-order valence-electron chi connectivity index (χ3n) is 2.57. The van der Waals surface area contributed by atoms with Gasteiger partial charge >= 0.3 is 0 Å². The molecule has 5 heteroatoms. The zero-order chi connectivity index (χ0) is 11.4. The first-order valence-corrected chi connectivity index (χ1v) is 4.73. The molecule has 1 aliphatic rings. The van der Waals surface area contributed by atoms with Crippen LogP contribution in [0.5, 0.6) is 0 Å². The van der Waals surface area contributed by atoms with Gasteiger partial charge in [-0.1, -0.05) is 6.58 Å². The van der Waals surface area contributed by atoms with Crippen LogP contribution in [0.4, 0.5) is 0 Å². The van der Waals surface area contributed by atoms with E-state index in [4.69, 9.17) is 24.1 Å². The molecule has 1 rings (SSSR count). The molecule has 0 radical (unpaired) electrons. The van der Waals surface area contributed by atoms with E-state index < -0.39 is 12.4 Å². The Bertz CT molecular complexity index is 218. The lowest BCUT2D eigenvalue weighted by atomic mass is 9.97. The Balaban J connectivity index is 2.83. The zero-order valence-corrected chi connectivity index (χ0v) is 9.30. The molecule has 0 aromatic rings. The smallest absolute Gasteiger partial charge is 0.187 e. The lowest BCUT2D eigenvalue weighted by Gasteiger charge is -2.40. The minimum Gasteiger partial charge on any atom is -0.393 e. The van der Waals surface area contributed by atoms with E-state index in [0.717, 1.165) is 0 Å². The van der Waals surface area contributed by atoms with Gasteiger partial charge in [0.05, 0.1) is 6.61 Å². The van der Waals surface area contributed by atoms with Crippen molar-refractivity contribution in [2.75, 3.05) is 27.9 Å².